The number of fused-ring (bicyclic) bond motifs is 1. The Bertz CT molecular complexity index is 579. The zero-order valence-corrected chi connectivity index (χ0v) is 11.8. The van der Waals surface area contributed by atoms with Crippen molar-refractivity contribution in [2.24, 2.45) is 5.73 Å². The van der Waals surface area contributed by atoms with Crippen LogP contribution in [-0.4, -0.2) is 16.2 Å². The first-order chi connectivity index (χ1) is 9.81. The first kappa shape index (κ1) is 13.2. The van der Waals surface area contributed by atoms with Crippen LogP contribution < -0.4 is 10.5 Å². The van der Waals surface area contributed by atoms with Crippen molar-refractivity contribution in [3.8, 4) is 5.75 Å². The zero-order valence-electron chi connectivity index (χ0n) is 11.8. The molecule has 0 saturated carbocycles. The van der Waals surface area contributed by atoms with Gasteiger partial charge in [-0.15, -0.1) is 0 Å². The molecule has 0 fully saturated rings. The summed E-state index contributed by atoms with van der Waals surface area (Å²) >= 11 is 0. The number of ether oxygens (including phenoxy) is 1. The predicted octanol–water partition coefficient (Wildman–Crippen LogP) is 2.86. The van der Waals surface area contributed by atoms with Crippen LogP contribution in [0.3, 0.4) is 0 Å². The summed E-state index contributed by atoms with van der Waals surface area (Å²) in [6, 6.07) is 8.11. The van der Waals surface area contributed by atoms with Crippen molar-refractivity contribution in [1.29, 1.82) is 0 Å². The molecule has 3 rings (SSSR count). The number of nitrogens with two attached hydrogens (primary N) is 1. The molecule has 1 aliphatic heterocycles. The third-order valence-electron chi connectivity index (χ3n) is 3.95. The second-order valence-corrected chi connectivity index (χ2v) is 5.29. The molecule has 4 nitrogen and oxygen atoms in total. The van der Waals surface area contributed by atoms with Crippen molar-refractivity contribution in [3.05, 3.63) is 48.0 Å². The minimum Gasteiger partial charge on any atom is -0.493 e. The van der Waals surface area contributed by atoms with Gasteiger partial charge in [0.05, 0.1) is 12.6 Å². The smallest absolute Gasteiger partial charge is 0.126 e. The average molecular weight is 271 g/mol. The van der Waals surface area contributed by atoms with Crippen LogP contribution in [0.25, 0.3) is 0 Å². The van der Waals surface area contributed by atoms with E-state index in [0.29, 0.717) is 0 Å². The van der Waals surface area contributed by atoms with Gasteiger partial charge in [0, 0.05) is 24.9 Å². The van der Waals surface area contributed by atoms with Crippen molar-refractivity contribution < 1.29 is 4.74 Å². The lowest BCUT2D eigenvalue weighted by Gasteiger charge is -2.30. The van der Waals surface area contributed by atoms with Gasteiger partial charge in [-0.3, -0.25) is 0 Å². The van der Waals surface area contributed by atoms with E-state index >= 15 is 0 Å². The Labute approximate surface area is 119 Å². The SMILES string of the molecule is CCCn1ccnc1C(N)C1CCOc2ccccc21. The summed E-state index contributed by atoms with van der Waals surface area (Å²) in [5.74, 6) is 2.22. The third-order valence-corrected chi connectivity index (χ3v) is 3.95. The minimum absolute atomic E-state index is 0.0819. The van der Waals surface area contributed by atoms with E-state index in [9.17, 15) is 0 Å². The van der Waals surface area contributed by atoms with Gasteiger partial charge < -0.3 is 15.0 Å². The number of rotatable bonds is 4. The van der Waals surface area contributed by atoms with Crippen molar-refractivity contribution in [1.82, 2.24) is 9.55 Å². The lowest BCUT2D eigenvalue weighted by atomic mass is 9.86. The highest BCUT2D eigenvalue weighted by molar-refractivity contribution is 5.39. The Morgan fingerprint density at radius 3 is 3.15 bits per heavy atom. The van der Waals surface area contributed by atoms with E-state index in [1.54, 1.807) is 0 Å². The van der Waals surface area contributed by atoms with Crippen LogP contribution in [0.5, 0.6) is 5.75 Å². The highest BCUT2D eigenvalue weighted by Crippen LogP contribution is 2.39. The Balaban J connectivity index is 1.91. The van der Waals surface area contributed by atoms with Crippen LogP contribution in [0.1, 0.15) is 43.1 Å². The van der Waals surface area contributed by atoms with E-state index in [-0.39, 0.29) is 12.0 Å². The maximum absolute atomic E-state index is 6.52. The van der Waals surface area contributed by atoms with Gasteiger partial charge in [0.25, 0.3) is 0 Å². The molecule has 106 valence electrons. The first-order valence-corrected chi connectivity index (χ1v) is 7.29. The monoisotopic (exact) mass is 271 g/mol. The Morgan fingerprint density at radius 2 is 2.30 bits per heavy atom. The quantitative estimate of drug-likeness (QED) is 0.930. The Kier molecular flexibility index (Phi) is 3.74. The van der Waals surface area contributed by atoms with Gasteiger partial charge in [0.2, 0.25) is 0 Å². The number of para-hydroxylation sites is 1. The molecule has 0 radical (unpaired) electrons. The van der Waals surface area contributed by atoms with Gasteiger partial charge in [-0.25, -0.2) is 4.98 Å². The summed E-state index contributed by atoms with van der Waals surface area (Å²) in [5, 5.41) is 0. The van der Waals surface area contributed by atoms with Crippen molar-refractivity contribution in [3.63, 3.8) is 0 Å². The molecule has 0 aliphatic carbocycles. The van der Waals surface area contributed by atoms with E-state index in [1.807, 2.05) is 30.6 Å². The summed E-state index contributed by atoms with van der Waals surface area (Å²) in [4.78, 5) is 4.48. The van der Waals surface area contributed by atoms with Crippen molar-refractivity contribution in [2.75, 3.05) is 6.61 Å². The second kappa shape index (κ2) is 5.67. The normalized spacial score (nSPS) is 19.2. The van der Waals surface area contributed by atoms with Gasteiger partial charge in [-0.1, -0.05) is 25.1 Å². The van der Waals surface area contributed by atoms with E-state index < -0.39 is 0 Å². The second-order valence-electron chi connectivity index (χ2n) is 5.29. The number of nitrogens with zero attached hydrogens (tertiary/aromatic N) is 2. The molecule has 2 N–H and O–H groups in total. The lowest BCUT2D eigenvalue weighted by molar-refractivity contribution is 0.253. The van der Waals surface area contributed by atoms with E-state index in [0.717, 1.165) is 37.6 Å². The topological polar surface area (TPSA) is 53.1 Å². The van der Waals surface area contributed by atoms with Crippen molar-refractivity contribution >= 4 is 0 Å². The molecule has 1 aliphatic rings. The number of aryl methyl sites for hydroxylation is 1. The summed E-state index contributed by atoms with van der Waals surface area (Å²) < 4.78 is 7.89. The highest BCUT2D eigenvalue weighted by atomic mass is 16.5. The van der Waals surface area contributed by atoms with Crippen LogP contribution in [0.4, 0.5) is 0 Å². The number of imidazole rings is 1. The van der Waals surface area contributed by atoms with Crippen LogP contribution in [-0.2, 0) is 6.54 Å². The molecular formula is C16H21N3O. The fourth-order valence-electron chi connectivity index (χ4n) is 2.97. The minimum atomic E-state index is -0.0819. The number of aromatic nitrogens is 2. The van der Waals surface area contributed by atoms with Crippen LogP contribution in [0, 0.1) is 0 Å². The number of benzene rings is 1. The standard InChI is InChI=1S/C16H21N3O/c1-2-9-19-10-8-18-16(19)15(17)13-7-11-20-14-6-4-3-5-12(13)14/h3-6,8,10,13,15H,2,7,9,11,17H2,1H3. The molecule has 1 aromatic heterocycles. The summed E-state index contributed by atoms with van der Waals surface area (Å²) in [6.07, 6.45) is 5.89. The Hall–Kier alpha value is -1.81. The molecule has 0 amide bonds. The summed E-state index contributed by atoms with van der Waals surface area (Å²) in [5.41, 5.74) is 7.73. The fraction of sp³-hybridized carbons (Fsp3) is 0.438. The molecule has 2 aromatic rings. The van der Waals surface area contributed by atoms with E-state index in [2.05, 4.69) is 22.5 Å². The molecular weight excluding hydrogens is 250 g/mol. The van der Waals surface area contributed by atoms with Crippen LogP contribution in [0.15, 0.2) is 36.7 Å². The molecule has 2 unspecified atom stereocenters. The molecule has 0 bridgehead atoms. The maximum Gasteiger partial charge on any atom is 0.126 e. The zero-order chi connectivity index (χ0) is 13.9. The van der Waals surface area contributed by atoms with Gasteiger partial charge in [-0.05, 0) is 24.5 Å². The average Bonchev–Trinajstić information content (AvgIpc) is 2.94. The van der Waals surface area contributed by atoms with Crippen LogP contribution >= 0.6 is 0 Å². The Morgan fingerprint density at radius 1 is 1.45 bits per heavy atom. The largest absolute Gasteiger partial charge is 0.493 e. The van der Waals surface area contributed by atoms with Crippen LogP contribution in [0.2, 0.25) is 0 Å². The fourth-order valence-corrected chi connectivity index (χ4v) is 2.97. The maximum atomic E-state index is 6.52. The van der Waals surface area contributed by atoms with E-state index in [4.69, 9.17) is 10.5 Å². The van der Waals surface area contributed by atoms with E-state index in [1.165, 1.54) is 5.56 Å². The van der Waals surface area contributed by atoms with Gasteiger partial charge in [-0.2, -0.15) is 0 Å². The molecule has 0 spiro atoms. The third kappa shape index (κ3) is 2.31. The molecule has 0 saturated heterocycles. The summed E-state index contributed by atoms with van der Waals surface area (Å²) in [6.45, 7) is 3.86. The predicted molar refractivity (Wildman–Crippen MR) is 78.7 cm³/mol. The first-order valence-electron chi connectivity index (χ1n) is 7.29. The van der Waals surface area contributed by atoms with Gasteiger partial charge in [0.1, 0.15) is 11.6 Å². The molecule has 2 atom stereocenters. The number of hydrogen-bond acceptors (Lipinski definition) is 3. The van der Waals surface area contributed by atoms with Crippen molar-refractivity contribution in [2.45, 2.75) is 38.3 Å². The van der Waals surface area contributed by atoms with Gasteiger partial charge in [0.15, 0.2) is 0 Å². The molecule has 2 heterocycles. The number of hydrogen-bond donors (Lipinski definition) is 1. The molecule has 4 heteroatoms. The lowest BCUT2D eigenvalue weighted by Crippen LogP contribution is -2.27. The summed E-state index contributed by atoms with van der Waals surface area (Å²) in [7, 11) is 0. The molecule has 20 heavy (non-hydrogen) atoms. The molecule has 1 aromatic carbocycles. The van der Waals surface area contributed by atoms with Gasteiger partial charge >= 0.3 is 0 Å². The highest BCUT2D eigenvalue weighted by Gasteiger charge is 2.29.